The van der Waals surface area contributed by atoms with Crippen LogP contribution in [0.25, 0.3) is 0 Å². The van der Waals surface area contributed by atoms with E-state index in [0.717, 1.165) is 42.7 Å². The largest absolute Gasteiger partial charge is 0.393 e. The van der Waals surface area contributed by atoms with E-state index in [1.807, 2.05) is 13.0 Å². The Bertz CT molecular complexity index is 514. The molecular weight excluding hydrogens is 238 g/mol. The second kappa shape index (κ2) is 4.53. The van der Waals surface area contributed by atoms with Crippen LogP contribution in [-0.4, -0.2) is 30.1 Å². The molecule has 3 unspecified atom stereocenters. The van der Waals surface area contributed by atoms with E-state index in [1.165, 1.54) is 0 Å². The molecular formula is C15H21N3O. The molecule has 0 spiro atoms. The lowest BCUT2D eigenvalue weighted by molar-refractivity contribution is 0.133. The maximum Gasteiger partial charge on any atom is 0.124 e. The highest BCUT2D eigenvalue weighted by Gasteiger charge is 2.42. The lowest BCUT2D eigenvalue weighted by Gasteiger charge is -2.23. The fourth-order valence-electron chi connectivity index (χ4n) is 3.57. The zero-order valence-electron chi connectivity index (χ0n) is 11.3. The zero-order chi connectivity index (χ0) is 13.6. The van der Waals surface area contributed by atoms with E-state index in [-0.39, 0.29) is 11.9 Å². The molecule has 2 fully saturated rings. The summed E-state index contributed by atoms with van der Waals surface area (Å²) in [7, 11) is 0. The van der Waals surface area contributed by atoms with Gasteiger partial charge in [0, 0.05) is 30.3 Å². The van der Waals surface area contributed by atoms with Gasteiger partial charge in [-0.05, 0) is 37.8 Å². The summed E-state index contributed by atoms with van der Waals surface area (Å²) < 4.78 is 0. The van der Waals surface area contributed by atoms with Crippen LogP contribution in [0.15, 0.2) is 18.2 Å². The minimum atomic E-state index is -0.152. The standard InChI is InChI=1S/C15H21N3O/c1-9-2-4-13(11(6-9)15(16)17)18-7-10-3-5-14(19)12(10)8-18/h2,4,6,10,12,14,19H,3,5,7-8H2,1H3,(H3,16,17). The van der Waals surface area contributed by atoms with Gasteiger partial charge < -0.3 is 15.7 Å². The Morgan fingerprint density at radius 3 is 2.84 bits per heavy atom. The fraction of sp³-hybridized carbons (Fsp3) is 0.533. The molecule has 4 nitrogen and oxygen atoms in total. The van der Waals surface area contributed by atoms with Crippen molar-refractivity contribution in [3.05, 3.63) is 29.3 Å². The third-order valence-electron chi connectivity index (χ3n) is 4.60. The number of fused-ring (bicyclic) bond motifs is 1. The molecule has 1 aromatic carbocycles. The Hall–Kier alpha value is -1.55. The molecule has 1 saturated heterocycles. The first kappa shape index (κ1) is 12.5. The van der Waals surface area contributed by atoms with E-state index in [0.29, 0.717) is 11.8 Å². The van der Waals surface area contributed by atoms with Crippen LogP contribution in [0.2, 0.25) is 0 Å². The highest BCUT2D eigenvalue weighted by molar-refractivity contribution is 6.00. The van der Waals surface area contributed by atoms with Gasteiger partial charge in [-0.2, -0.15) is 0 Å². The van der Waals surface area contributed by atoms with Crippen LogP contribution < -0.4 is 10.6 Å². The SMILES string of the molecule is Cc1ccc(N2CC3CCC(O)C3C2)c(C(=N)N)c1. The van der Waals surface area contributed by atoms with Crippen molar-refractivity contribution in [1.82, 2.24) is 0 Å². The molecule has 1 saturated carbocycles. The van der Waals surface area contributed by atoms with Gasteiger partial charge in [0.05, 0.1) is 6.10 Å². The number of rotatable bonds is 2. The van der Waals surface area contributed by atoms with Gasteiger partial charge in [-0.25, -0.2) is 0 Å². The molecule has 0 radical (unpaired) electrons. The zero-order valence-corrected chi connectivity index (χ0v) is 11.3. The van der Waals surface area contributed by atoms with Crippen LogP contribution in [0.5, 0.6) is 0 Å². The number of nitrogen functional groups attached to an aromatic ring is 1. The monoisotopic (exact) mass is 259 g/mol. The van der Waals surface area contributed by atoms with Crippen LogP contribution in [-0.2, 0) is 0 Å². The van der Waals surface area contributed by atoms with Crippen molar-refractivity contribution in [1.29, 1.82) is 5.41 Å². The molecule has 4 N–H and O–H groups in total. The number of aryl methyl sites for hydroxylation is 1. The topological polar surface area (TPSA) is 73.3 Å². The molecule has 3 rings (SSSR count). The molecule has 1 aliphatic heterocycles. The van der Waals surface area contributed by atoms with E-state index in [4.69, 9.17) is 11.1 Å². The number of hydrogen-bond acceptors (Lipinski definition) is 3. The summed E-state index contributed by atoms with van der Waals surface area (Å²) in [6.45, 7) is 3.87. The van der Waals surface area contributed by atoms with Gasteiger partial charge in [0.15, 0.2) is 0 Å². The van der Waals surface area contributed by atoms with Gasteiger partial charge in [0.1, 0.15) is 5.84 Å². The average Bonchev–Trinajstić information content (AvgIpc) is 2.92. The quantitative estimate of drug-likeness (QED) is 0.556. The third-order valence-corrected chi connectivity index (χ3v) is 4.60. The van der Waals surface area contributed by atoms with Crippen molar-refractivity contribution in [2.75, 3.05) is 18.0 Å². The summed E-state index contributed by atoms with van der Waals surface area (Å²) in [6, 6.07) is 6.09. The van der Waals surface area contributed by atoms with Crippen molar-refractivity contribution in [2.24, 2.45) is 17.6 Å². The van der Waals surface area contributed by atoms with Gasteiger partial charge in [-0.1, -0.05) is 11.6 Å². The summed E-state index contributed by atoms with van der Waals surface area (Å²) in [5, 5.41) is 17.7. The van der Waals surface area contributed by atoms with Crippen LogP contribution in [0.3, 0.4) is 0 Å². The van der Waals surface area contributed by atoms with Gasteiger partial charge in [0.25, 0.3) is 0 Å². The van der Waals surface area contributed by atoms with Crippen molar-refractivity contribution in [3.63, 3.8) is 0 Å². The Balaban J connectivity index is 1.90. The number of anilines is 1. The van der Waals surface area contributed by atoms with Crippen molar-refractivity contribution < 1.29 is 5.11 Å². The predicted octanol–water partition coefficient (Wildman–Crippen LogP) is 1.49. The molecule has 4 heteroatoms. The van der Waals surface area contributed by atoms with E-state index in [9.17, 15) is 5.11 Å². The van der Waals surface area contributed by atoms with Crippen LogP contribution in [0.4, 0.5) is 5.69 Å². The molecule has 2 aliphatic rings. The van der Waals surface area contributed by atoms with Gasteiger partial charge in [-0.15, -0.1) is 0 Å². The molecule has 0 amide bonds. The molecule has 102 valence electrons. The van der Waals surface area contributed by atoms with Crippen molar-refractivity contribution >= 4 is 11.5 Å². The first-order chi connectivity index (χ1) is 9.06. The minimum Gasteiger partial charge on any atom is -0.393 e. The van der Waals surface area contributed by atoms with E-state index < -0.39 is 0 Å². The molecule has 1 aromatic rings. The number of hydrogen-bond donors (Lipinski definition) is 3. The first-order valence-electron chi connectivity index (χ1n) is 6.94. The average molecular weight is 259 g/mol. The number of amidine groups is 1. The summed E-state index contributed by atoms with van der Waals surface area (Å²) in [5.74, 6) is 1.11. The lowest BCUT2D eigenvalue weighted by Crippen LogP contribution is -2.27. The molecule has 3 atom stereocenters. The van der Waals surface area contributed by atoms with Gasteiger partial charge in [-0.3, -0.25) is 5.41 Å². The number of nitrogens with zero attached hydrogens (tertiary/aromatic N) is 1. The maximum absolute atomic E-state index is 9.99. The van der Waals surface area contributed by atoms with Crippen LogP contribution in [0.1, 0.15) is 24.0 Å². The minimum absolute atomic E-state index is 0.122. The lowest BCUT2D eigenvalue weighted by atomic mass is 10.00. The van der Waals surface area contributed by atoms with Gasteiger partial charge >= 0.3 is 0 Å². The normalized spacial score (nSPS) is 29.6. The Morgan fingerprint density at radius 1 is 1.37 bits per heavy atom. The van der Waals surface area contributed by atoms with E-state index >= 15 is 0 Å². The highest BCUT2D eigenvalue weighted by Crippen LogP contribution is 2.40. The van der Waals surface area contributed by atoms with Crippen molar-refractivity contribution in [3.8, 4) is 0 Å². The Labute approximate surface area is 113 Å². The molecule has 1 heterocycles. The second-order valence-electron chi connectivity index (χ2n) is 5.91. The molecule has 1 aliphatic carbocycles. The Morgan fingerprint density at radius 2 is 2.16 bits per heavy atom. The maximum atomic E-state index is 9.99. The summed E-state index contributed by atoms with van der Waals surface area (Å²) in [6.07, 6.45) is 1.90. The molecule has 19 heavy (non-hydrogen) atoms. The first-order valence-corrected chi connectivity index (χ1v) is 6.94. The van der Waals surface area contributed by atoms with Crippen molar-refractivity contribution in [2.45, 2.75) is 25.9 Å². The number of benzene rings is 1. The second-order valence-corrected chi connectivity index (χ2v) is 5.91. The highest BCUT2D eigenvalue weighted by atomic mass is 16.3. The molecule has 0 bridgehead atoms. The number of nitrogens with two attached hydrogens (primary N) is 1. The Kier molecular flexibility index (Phi) is 2.97. The summed E-state index contributed by atoms with van der Waals surface area (Å²) >= 11 is 0. The molecule has 0 aromatic heterocycles. The van der Waals surface area contributed by atoms with E-state index in [1.54, 1.807) is 0 Å². The number of aliphatic hydroxyl groups excluding tert-OH is 1. The van der Waals surface area contributed by atoms with E-state index in [2.05, 4.69) is 17.0 Å². The van der Waals surface area contributed by atoms with Crippen LogP contribution in [0, 0.1) is 24.2 Å². The van der Waals surface area contributed by atoms with Gasteiger partial charge in [0.2, 0.25) is 0 Å². The smallest absolute Gasteiger partial charge is 0.124 e. The third kappa shape index (κ3) is 2.10. The fourth-order valence-corrected chi connectivity index (χ4v) is 3.57. The number of aliphatic hydroxyl groups is 1. The summed E-state index contributed by atoms with van der Waals surface area (Å²) in [4.78, 5) is 2.29. The summed E-state index contributed by atoms with van der Waals surface area (Å²) in [5.41, 5.74) is 8.68. The number of nitrogens with one attached hydrogen (secondary N) is 1. The predicted molar refractivity (Wildman–Crippen MR) is 76.6 cm³/mol. The van der Waals surface area contributed by atoms with Crippen LogP contribution >= 0.6 is 0 Å².